The molecular formula is C18H14ClN5O4. The molecule has 1 aliphatic rings. The van der Waals surface area contributed by atoms with Crippen molar-refractivity contribution in [2.75, 3.05) is 6.61 Å². The predicted octanol–water partition coefficient (Wildman–Crippen LogP) is 1.37. The van der Waals surface area contributed by atoms with Crippen LogP contribution in [-0.4, -0.2) is 43.6 Å². The Kier molecular flexibility index (Phi) is 4.74. The number of pyridine rings is 1. The van der Waals surface area contributed by atoms with Crippen molar-refractivity contribution in [2.45, 2.75) is 18.9 Å². The van der Waals surface area contributed by atoms with Gasteiger partial charge in [0.2, 0.25) is 0 Å². The predicted molar refractivity (Wildman–Crippen MR) is 98.2 cm³/mol. The van der Waals surface area contributed by atoms with Gasteiger partial charge >= 0.3 is 5.97 Å². The molecule has 3 heterocycles. The van der Waals surface area contributed by atoms with Crippen molar-refractivity contribution in [1.82, 2.24) is 24.8 Å². The van der Waals surface area contributed by atoms with Crippen molar-refractivity contribution in [3.63, 3.8) is 0 Å². The van der Waals surface area contributed by atoms with E-state index in [0.29, 0.717) is 46.7 Å². The maximum Gasteiger partial charge on any atom is 0.329 e. The Hall–Kier alpha value is -3.33. The molecule has 9 nitrogen and oxygen atoms in total. The summed E-state index contributed by atoms with van der Waals surface area (Å²) in [5.41, 5.74) is 2.37. The fourth-order valence-corrected chi connectivity index (χ4v) is 3.57. The lowest BCUT2D eigenvalue weighted by atomic mass is 10.0. The van der Waals surface area contributed by atoms with Crippen LogP contribution in [0.3, 0.4) is 0 Å². The molecule has 2 aromatic heterocycles. The fraction of sp³-hybridized carbons (Fsp3) is 0.222. The highest BCUT2D eigenvalue weighted by molar-refractivity contribution is 6.31. The van der Waals surface area contributed by atoms with Crippen molar-refractivity contribution in [1.29, 1.82) is 0 Å². The van der Waals surface area contributed by atoms with Crippen LogP contribution in [0.2, 0.25) is 5.02 Å². The summed E-state index contributed by atoms with van der Waals surface area (Å²) in [6.07, 6.45) is 2.92. The van der Waals surface area contributed by atoms with Gasteiger partial charge in [-0.25, -0.2) is 4.79 Å². The van der Waals surface area contributed by atoms with E-state index in [1.54, 1.807) is 18.2 Å². The number of ether oxygens (including phenoxy) is 1. The number of hydrogen-bond acceptors (Lipinski definition) is 7. The third kappa shape index (κ3) is 3.20. The van der Waals surface area contributed by atoms with Crippen LogP contribution in [0.4, 0.5) is 0 Å². The minimum Gasteiger partial charge on any atom is -0.456 e. The molecule has 0 N–H and O–H groups in total. The Labute approximate surface area is 163 Å². The van der Waals surface area contributed by atoms with Crippen LogP contribution in [0.1, 0.15) is 18.2 Å². The maximum atomic E-state index is 12.8. The van der Waals surface area contributed by atoms with Crippen LogP contribution in [-0.2, 0) is 20.7 Å². The lowest BCUT2D eigenvalue weighted by Gasteiger charge is -2.15. The number of aromatic nitrogens is 5. The van der Waals surface area contributed by atoms with Crippen molar-refractivity contribution in [3.8, 4) is 16.8 Å². The maximum absolute atomic E-state index is 12.8. The van der Waals surface area contributed by atoms with Crippen LogP contribution in [0, 0.1) is 0 Å². The first-order valence-electron chi connectivity index (χ1n) is 8.47. The number of benzene rings is 1. The molecule has 0 spiro atoms. The summed E-state index contributed by atoms with van der Waals surface area (Å²) in [6, 6.07) is 7.76. The van der Waals surface area contributed by atoms with E-state index in [9.17, 15) is 14.4 Å². The number of halogens is 1. The Morgan fingerprint density at radius 1 is 1.32 bits per heavy atom. The Bertz CT molecular complexity index is 1110. The summed E-state index contributed by atoms with van der Waals surface area (Å²) in [4.78, 5) is 35.3. The zero-order chi connectivity index (χ0) is 19.7. The van der Waals surface area contributed by atoms with Gasteiger partial charge < -0.3 is 4.74 Å². The molecule has 0 saturated heterocycles. The summed E-state index contributed by atoms with van der Waals surface area (Å²) in [5, 5.41) is 11.7. The Morgan fingerprint density at radius 2 is 2.18 bits per heavy atom. The van der Waals surface area contributed by atoms with E-state index in [1.165, 1.54) is 21.6 Å². The molecule has 0 aliphatic carbocycles. The number of rotatable bonds is 5. The molecule has 28 heavy (non-hydrogen) atoms. The van der Waals surface area contributed by atoms with E-state index >= 15 is 0 Å². The summed E-state index contributed by atoms with van der Waals surface area (Å²) in [7, 11) is 0. The van der Waals surface area contributed by atoms with Gasteiger partial charge in [0, 0.05) is 22.3 Å². The molecule has 142 valence electrons. The first-order valence-corrected chi connectivity index (χ1v) is 8.85. The monoisotopic (exact) mass is 399 g/mol. The molecule has 10 heteroatoms. The van der Waals surface area contributed by atoms with Crippen molar-refractivity contribution < 1.29 is 14.3 Å². The highest BCUT2D eigenvalue weighted by atomic mass is 35.5. The van der Waals surface area contributed by atoms with Crippen LogP contribution < -0.4 is 5.56 Å². The normalized spacial score (nSPS) is 15.2. The number of aldehydes is 1. The number of carbonyl (C=O) groups is 2. The second-order valence-electron chi connectivity index (χ2n) is 6.21. The van der Waals surface area contributed by atoms with Gasteiger partial charge in [0.15, 0.2) is 6.29 Å². The molecule has 0 saturated carbocycles. The lowest BCUT2D eigenvalue weighted by Crippen LogP contribution is -2.29. The van der Waals surface area contributed by atoms with E-state index in [-0.39, 0.29) is 12.2 Å². The second kappa shape index (κ2) is 7.35. The number of esters is 1. The first kappa shape index (κ1) is 18.1. The van der Waals surface area contributed by atoms with Gasteiger partial charge in [0.05, 0.1) is 5.69 Å². The number of carbonyl (C=O) groups excluding carboxylic acids is 2. The summed E-state index contributed by atoms with van der Waals surface area (Å²) >= 11 is 6.16. The summed E-state index contributed by atoms with van der Waals surface area (Å²) in [6.45, 7) is -0.324. The standard InChI is InChI=1S/C18H14ClN5O4/c19-12-1-3-15(23-10-20-21-22-23)14(9-12)11-7-13-2-4-16(18(27)28-6-5-25)24(13)17(26)8-11/h1,3,5,7-10,16H,2,4,6H2/t16-/m0/s1. The number of fused-ring (bicyclic) bond motifs is 1. The topological polar surface area (TPSA) is 109 Å². The molecular weight excluding hydrogens is 386 g/mol. The molecule has 4 rings (SSSR count). The average Bonchev–Trinajstić information content (AvgIpc) is 3.36. The third-order valence-electron chi connectivity index (χ3n) is 4.56. The van der Waals surface area contributed by atoms with Gasteiger partial charge in [0.25, 0.3) is 5.56 Å². The van der Waals surface area contributed by atoms with Crippen molar-refractivity contribution in [2.24, 2.45) is 0 Å². The van der Waals surface area contributed by atoms with Gasteiger partial charge in [-0.2, -0.15) is 4.68 Å². The van der Waals surface area contributed by atoms with Gasteiger partial charge in [-0.15, -0.1) is 5.10 Å². The van der Waals surface area contributed by atoms with Crippen molar-refractivity contribution >= 4 is 23.9 Å². The second-order valence-corrected chi connectivity index (χ2v) is 6.65. The van der Waals surface area contributed by atoms with Gasteiger partial charge in [-0.05, 0) is 53.1 Å². The van der Waals surface area contributed by atoms with Gasteiger partial charge in [-0.1, -0.05) is 11.6 Å². The molecule has 0 radical (unpaired) electrons. The van der Waals surface area contributed by atoms with Crippen LogP contribution in [0.25, 0.3) is 16.8 Å². The van der Waals surface area contributed by atoms with E-state index in [4.69, 9.17) is 16.3 Å². The van der Waals surface area contributed by atoms with Gasteiger partial charge in [0.1, 0.15) is 19.0 Å². The van der Waals surface area contributed by atoms with E-state index in [1.807, 2.05) is 6.07 Å². The molecule has 0 amide bonds. The van der Waals surface area contributed by atoms with E-state index in [2.05, 4.69) is 15.5 Å². The highest BCUT2D eigenvalue weighted by Gasteiger charge is 2.31. The van der Waals surface area contributed by atoms with Crippen LogP contribution in [0.15, 0.2) is 41.5 Å². The molecule has 1 aliphatic heterocycles. The number of nitrogens with zero attached hydrogens (tertiary/aromatic N) is 5. The minimum atomic E-state index is -0.727. The van der Waals surface area contributed by atoms with Crippen LogP contribution in [0.5, 0.6) is 0 Å². The Balaban J connectivity index is 1.78. The quantitative estimate of drug-likeness (QED) is 0.470. The smallest absolute Gasteiger partial charge is 0.329 e. The molecule has 1 aromatic carbocycles. The fourth-order valence-electron chi connectivity index (χ4n) is 3.40. The summed E-state index contributed by atoms with van der Waals surface area (Å²) < 4.78 is 7.77. The first-order chi connectivity index (χ1) is 13.6. The van der Waals surface area contributed by atoms with E-state index in [0.717, 1.165) is 0 Å². The summed E-state index contributed by atoms with van der Waals surface area (Å²) in [5.74, 6) is -0.585. The third-order valence-corrected chi connectivity index (χ3v) is 4.80. The van der Waals surface area contributed by atoms with E-state index < -0.39 is 12.0 Å². The number of hydrogen-bond donors (Lipinski definition) is 0. The molecule has 0 bridgehead atoms. The number of tetrazole rings is 1. The lowest BCUT2D eigenvalue weighted by molar-refractivity contribution is -0.149. The molecule has 0 fully saturated rings. The number of aryl methyl sites for hydroxylation is 1. The zero-order valence-corrected chi connectivity index (χ0v) is 15.2. The highest BCUT2D eigenvalue weighted by Crippen LogP contribution is 2.32. The average molecular weight is 400 g/mol. The Morgan fingerprint density at radius 3 is 2.93 bits per heavy atom. The SMILES string of the molecule is O=CCOC(=O)[C@@H]1CCc2cc(-c3cc(Cl)ccc3-n3cnnn3)cc(=O)n21. The zero-order valence-electron chi connectivity index (χ0n) is 14.5. The molecule has 1 atom stereocenters. The minimum absolute atomic E-state index is 0.324. The van der Waals surface area contributed by atoms with Crippen molar-refractivity contribution in [3.05, 3.63) is 57.7 Å². The van der Waals surface area contributed by atoms with Gasteiger partial charge in [-0.3, -0.25) is 14.2 Å². The largest absolute Gasteiger partial charge is 0.456 e. The molecule has 0 unspecified atom stereocenters. The van der Waals surface area contributed by atoms with Crippen LogP contribution >= 0.6 is 11.6 Å². The molecule has 3 aromatic rings.